The average molecular weight is 377 g/mol. The lowest BCUT2D eigenvalue weighted by Crippen LogP contribution is -2.43. The summed E-state index contributed by atoms with van der Waals surface area (Å²) in [6, 6.07) is 9.87. The molecule has 2 aliphatic rings. The maximum absolute atomic E-state index is 9.42. The lowest BCUT2D eigenvalue weighted by Gasteiger charge is -2.24. The largest absolute Gasteiger partial charge is 0.387 e. The van der Waals surface area contributed by atoms with Crippen LogP contribution in [0.1, 0.15) is 5.56 Å². The number of rotatable bonds is 5. The molecule has 1 aromatic carbocycles. The highest BCUT2D eigenvalue weighted by Gasteiger charge is 2.15. The van der Waals surface area contributed by atoms with Gasteiger partial charge in [-0.25, -0.2) is 4.98 Å². The highest BCUT2D eigenvalue weighted by molar-refractivity contribution is 5.69. The van der Waals surface area contributed by atoms with E-state index in [0.29, 0.717) is 37.6 Å². The summed E-state index contributed by atoms with van der Waals surface area (Å²) >= 11 is 0. The van der Waals surface area contributed by atoms with Crippen molar-refractivity contribution in [2.24, 2.45) is 9.98 Å². The van der Waals surface area contributed by atoms with E-state index in [1.807, 2.05) is 24.3 Å². The lowest BCUT2D eigenvalue weighted by molar-refractivity contribution is 0.0371. The maximum atomic E-state index is 9.42. The van der Waals surface area contributed by atoms with Crippen molar-refractivity contribution in [3.05, 3.63) is 40.5 Å². The zero-order valence-corrected chi connectivity index (χ0v) is 15.8. The molecular weight excluding hydrogens is 354 g/mol. The van der Waals surface area contributed by atoms with Gasteiger partial charge in [0.15, 0.2) is 5.82 Å². The molecule has 2 aliphatic heterocycles. The number of benzene rings is 1. The maximum Gasteiger partial charge on any atom is 0.154 e. The third-order valence-corrected chi connectivity index (χ3v) is 4.83. The van der Waals surface area contributed by atoms with Crippen LogP contribution in [0.25, 0.3) is 11.3 Å². The van der Waals surface area contributed by atoms with Crippen molar-refractivity contribution in [1.29, 1.82) is 5.26 Å². The number of fused-ring (bicyclic) bond motifs is 1. The zero-order chi connectivity index (χ0) is 19.3. The van der Waals surface area contributed by atoms with Crippen LogP contribution in [0.2, 0.25) is 0 Å². The highest BCUT2D eigenvalue weighted by atomic mass is 16.5. The van der Waals surface area contributed by atoms with Crippen molar-refractivity contribution in [3.8, 4) is 17.3 Å². The Morgan fingerprint density at radius 2 is 2.18 bits per heavy atom. The monoisotopic (exact) mass is 377 g/mol. The molecule has 28 heavy (non-hydrogen) atoms. The molecule has 4 rings (SSSR count). The van der Waals surface area contributed by atoms with Crippen LogP contribution in [0.3, 0.4) is 0 Å². The van der Waals surface area contributed by atoms with Gasteiger partial charge in [0.05, 0.1) is 48.1 Å². The number of nitrogens with one attached hydrogen (secondary N) is 3. The van der Waals surface area contributed by atoms with E-state index in [9.17, 15) is 5.26 Å². The summed E-state index contributed by atoms with van der Waals surface area (Å²) in [7, 11) is 1.80. The van der Waals surface area contributed by atoms with E-state index in [2.05, 4.69) is 32.0 Å². The fourth-order valence-corrected chi connectivity index (χ4v) is 3.38. The third kappa shape index (κ3) is 3.81. The van der Waals surface area contributed by atoms with Gasteiger partial charge in [0.25, 0.3) is 0 Å². The Labute approximate surface area is 163 Å². The fourth-order valence-electron chi connectivity index (χ4n) is 3.38. The van der Waals surface area contributed by atoms with Gasteiger partial charge in [0, 0.05) is 32.2 Å². The van der Waals surface area contributed by atoms with Crippen molar-refractivity contribution in [1.82, 2.24) is 10.3 Å². The Bertz CT molecular complexity index is 1020. The van der Waals surface area contributed by atoms with Crippen molar-refractivity contribution in [2.75, 3.05) is 57.0 Å². The summed E-state index contributed by atoms with van der Waals surface area (Å²) in [5.41, 5.74) is 3.02. The predicted molar refractivity (Wildman–Crippen MR) is 107 cm³/mol. The molecular formula is C20H23N7O. The molecule has 8 nitrogen and oxygen atoms in total. The first-order valence-corrected chi connectivity index (χ1v) is 9.47. The molecule has 0 saturated carbocycles. The van der Waals surface area contributed by atoms with Crippen LogP contribution in [0.4, 0.5) is 11.5 Å². The molecule has 1 aromatic heterocycles. The minimum absolute atomic E-state index is 0.0930. The van der Waals surface area contributed by atoms with E-state index in [0.717, 1.165) is 40.7 Å². The molecule has 0 radical (unpaired) electrons. The molecule has 0 aliphatic carbocycles. The quantitative estimate of drug-likeness (QED) is 0.693. The van der Waals surface area contributed by atoms with Crippen LogP contribution < -0.4 is 26.7 Å². The number of aromatic nitrogens is 1. The molecule has 2 aromatic rings. The first-order chi connectivity index (χ1) is 13.8. The fraction of sp³-hybridized carbons (Fsp3) is 0.400. The van der Waals surface area contributed by atoms with Gasteiger partial charge in [-0.15, -0.1) is 0 Å². The van der Waals surface area contributed by atoms with Crippen LogP contribution >= 0.6 is 0 Å². The lowest BCUT2D eigenvalue weighted by atomic mass is 10.1. The van der Waals surface area contributed by atoms with Gasteiger partial charge < -0.3 is 20.7 Å². The Hall–Kier alpha value is -3.02. The topological polar surface area (TPSA) is 107 Å². The number of morpholine rings is 1. The van der Waals surface area contributed by atoms with Crippen LogP contribution in [-0.4, -0.2) is 57.5 Å². The van der Waals surface area contributed by atoms with Gasteiger partial charge in [-0.1, -0.05) is 6.07 Å². The normalized spacial score (nSPS) is 18.2. The summed E-state index contributed by atoms with van der Waals surface area (Å²) in [4.78, 5) is 14.0. The smallest absolute Gasteiger partial charge is 0.154 e. The zero-order valence-electron chi connectivity index (χ0n) is 15.8. The van der Waals surface area contributed by atoms with Crippen LogP contribution in [0.15, 0.2) is 34.3 Å². The summed E-state index contributed by atoms with van der Waals surface area (Å²) in [6.07, 6.45) is 0.0930. The van der Waals surface area contributed by atoms with Gasteiger partial charge >= 0.3 is 0 Å². The molecule has 8 heteroatoms. The Morgan fingerprint density at radius 3 is 2.96 bits per heavy atom. The SMILES string of the molecule is CNc1ccc(-c2cc3c(c(NC[C@@H]4CNCCO4)n2)=NCCN=3)cc1C#N. The second-order valence-corrected chi connectivity index (χ2v) is 6.69. The summed E-state index contributed by atoms with van der Waals surface area (Å²) < 4.78 is 5.76. The number of hydrogen-bond acceptors (Lipinski definition) is 8. The Morgan fingerprint density at radius 1 is 1.29 bits per heavy atom. The van der Waals surface area contributed by atoms with Gasteiger partial charge in [-0.3, -0.25) is 9.98 Å². The third-order valence-electron chi connectivity index (χ3n) is 4.83. The van der Waals surface area contributed by atoms with Crippen molar-refractivity contribution in [2.45, 2.75) is 6.10 Å². The second-order valence-electron chi connectivity index (χ2n) is 6.69. The summed E-state index contributed by atoms with van der Waals surface area (Å²) in [5.74, 6) is 0.710. The molecule has 144 valence electrons. The van der Waals surface area contributed by atoms with Crippen molar-refractivity contribution >= 4 is 11.5 Å². The van der Waals surface area contributed by atoms with E-state index in [1.165, 1.54) is 0 Å². The Balaban J connectivity index is 1.70. The molecule has 1 fully saturated rings. The van der Waals surface area contributed by atoms with E-state index in [4.69, 9.17) is 9.72 Å². The number of hydrogen-bond donors (Lipinski definition) is 3. The summed E-state index contributed by atoms with van der Waals surface area (Å²) in [5, 5.41) is 20.8. The average Bonchev–Trinajstić information content (AvgIpc) is 2.77. The van der Waals surface area contributed by atoms with E-state index in [1.54, 1.807) is 7.05 Å². The van der Waals surface area contributed by atoms with Gasteiger partial charge in [0.2, 0.25) is 0 Å². The molecule has 1 saturated heterocycles. The molecule has 0 amide bonds. The number of pyridine rings is 1. The van der Waals surface area contributed by atoms with Crippen LogP contribution in [0.5, 0.6) is 0 Å². The van der Waals surface area contributed by atoms with Crippen molar-refractivity contribution < 1.29 is 4.74 Å². The minimum atomic E-state index is 0.0930. The van der Waals surface area contributed by atoms with E-state index < -0.39 is 0 Å². The highest BCUT2D eigenvalue weighted by Crippen LogP contribution is 2.23. The van der Waals surface area contributed by atoms with E-state index in [-0.39, 0.29) is 6.10 Å². The molecule has 3 N–H and O–H groups in total. The first kappa shape index (κ1) is 18.3. The number of ether oxygens (including phenoxy) is 1. The minimum Gasteiger partial charge on any atom is -0.387 e. The van der Waals surface area contributed by atoms with Gasteiger partial charge in [-0.05, 0) is 18.2 Å². The number of nitrogens with zero attached hydrogens (tertiary/aromatic N) is 4. The standard InChI is InChI=1S/C20H23N7O/c1-22-16-3-2-13(8-14(16)10-21)17-9-18-19(25-5-4-24-18)20(27-17)26-12-15-11-23-6-7-28-15/h2-3,8-9,15,22-23H,4-7,11-12H2,1H3,(H,26,27)/t15-/m0/s1. The Kier molecular flexibility index (Phi) is 5.46. The van der Waals surface area contributed by atoms with Crippen LogP contribution in [-0.2, 0) is 4.74 Å². The summed E-state index contributed by atoms with van der Waals surface area (Å²) in [6.45, 7) is 4.40. The molecule has 0 unspecified atom stereocenters. The van der Waals surface area contributed by atoms with Gasteiger partial charge in [0.1, 0.15) is 11.4 Å². The van der Waals surface area contributed by atoms with Crippen molar-refractivity contribution in [3.63, 3.8) is 0 Å². The number of anilines is 2. The molecule has 0 bridgehead atoms. The number of nitriles is 1. The molecule has 1 atom stereocenters. The second kappa shape index (κ2) is 8.33. The predicted octanol–water partition coefficient (Wildman–Crippen LogP) is 0.315. The molecule has 0 spiro atoms. The molecule has 3 heterocycles. The first-order valence-electron chi connectivity index (χ1n) is 9.47. The van der Waals surface area contributed by atoms with Gasteiger partial charge in [-0.2, -0.15) is 5.26 Å². The van der Waals surface area contributed by atoms with E-state index >= 15 is 0 Å². The van der Waals surface area contributed by atoms with Crippen LogP contribution in [0, 0.1) is 11.3 Å².